The van der Waals surface area contributed by atoms with Crippen LogP contribution in [0, 0.1) is 0 Å². The summed E-state index contributed by atoms with van der Waals surface area (Å²) in [6.45, 7) is 2.12. The molecule has 5 nitrogen and oxygen atoms in total. The molecule has 0 atom stereocenters. The number of carbonyl (C=O) groups excluding carboxylic acids is 1. The van der Waals surface area contributed by atoms with E-state index in [4.69, 9.17) is 0 Å². The molecule has 1 saturated carbocycles. The Morgan fingerprint density at radius 2 is 1.81 bits per heavy atom. The standard InChI is InChI=1S/C16H22N2O3/c1-2-5-12-6-8-13(9-7-12)17-15(21)18-16(14(19)20)10-3-4-11-16/h6-9H,2-5,10-11H2,1H3,(H,19,20)(H2,17,18,21). The predicted molar refractivity (Wildman–Crippen MR) is 81.4 cm³/mol. The number of aryl methyl sites for hydroxylation is 1. The maximum Gasteiger partial charge on any atom is 0.329 e. The number of carboxylic acids is 1. The van der Waals surface area contributed by atoms with Crippen molar-refractivity contribution in [2.24, 2.45) is 0 Å². The number of carbonyl (C=O) groups is 2. The highest BCUT2D eigenvalue weighted by Gasteiger charge is 2.42. The van der Waals surface area contributed by atoms with Crippen molar-refractivity contribution in [3.8, 4) is 0 Å². The molecule has 3 N–H and O–H groups in total. The first-order valence-corrected chi connectivity index (χ1v) is 7.47. The zero-order chi connectivity index (χ0) is 15.3. The summed E-state index contributed by atoms with van der Waals surface area (Å²) >= 11 is 0. The van der Waals surface area contributed by atoms with Crippen LogP contribution in [0.3, 0.4) is 0 Å². The zero-order valence-corrected chi connectivity index (χ0v) is 12.3. The maximum atomic E-state index is 12.0. The third kappa shape index (κ3) is 3.74. The predicted octanol–water partition coefficient (Wildman–Crippen LogP) is 3.16. The second-order valence-electron chi connectivity index (χ2n) is 5.62. The Labute approximate surface area is 124 Å². The Morgan fingerprint density at radius 3 is 2.33 bits per heavy atom. The van der Waals surface area contributed by atoms with Crippen molar-refractivity contribution in [1.82, 2.24) is 5.32 Å². The molecular weight excluding hydrogens is 268 g/mol. The highest BCUT2D eigenvalue weighted by atomic mass is 16.4. The van der Waals surface area contributed by atoms with Crippen LogP contribution in [0.25, 0.3) is 0 Å². The quantitative estimate of drug-likeness (QED) is 0.779. The van der Waals surface area contributed by atoms with Crippen molar-refractivity contribution in [1.29, 1.82) is 0 Å². The van der Waals surface area contributed by atoms with E-state index in [0.717, 1.165) is 25.7 Å². The molecule has 0 radical (unpaired) electrons. The second kappa shape index (κ2) is 6.61. The minimum atomic E-state index is -1.10. The fourth-order valence-corrected chi connectivity index (χ4v) is 2.79. The fraction of sp³-hybridized carbons (Fsp3) is 0.500. The average Bonchev–Trinajstić information content (AvgIpc) is 2.91. The Bertz CT molecular complexity index is 505. The Hall–Kier alpha value is -2.04. The molecule has 1 aliphatic carbocycles. The van der Waals surface area contributed by atoms with E-state index in [1.807, 2.05) is 24.3 Å². The van der Waals surface area contributed by atoms with Crippen LogP contribution < -0.4 is 10.6 Å². The third-order valence-electron chi connectivity index (χ3n) is 3.97. The van der Waals surface area contributed by atoms with Crippen LogP contribution in [0.2, 0.25) is 0 Å². The Morgan fingerprint density at radius 1 is 1.19 bits per heavy atom. The van der Waals surface area contributed by atoms with E-state index in [9.17, 15) is 14.7 Å². The number of aliphatic carboxylic acids is 1. The van der Waals surface area contributed by atoms with Crippen molar-refractivity contribution in [3.63, 3.8) is 0 Å². The molecule has 0 bridgehead atoms. The summed E-state index contributed by atoms with van der Waals surface area (Å²) in [5.74, 6) is -0.951. The molecule has 2 rings (SSSR count). The van der Waals surface area contributed by atoms with Crippen LogP contribution in [0.15, 0.2) is 24.3 Å². The van der Waals surface area contributed by atoms with Crippen LogP contribution in [-0.2, 0) is 11.2 Å². The van der Waals surface area contributed by atoms with Crippen LogP contribution in [-0.4, -0.2) is 22.6 Å². The summed E-state index contributed by atoms with van der Waals surface area (Å²) in [7, 11) is 0. The molecule has 0 heterocycles. The van der Waals surface area contributed by atoms with Crippen molar-refractivity contribution < 1.29 is 14.7 Å². The lowest BCUT2D eigenvalue weighted by molar-refractivity contribution is -0.144. The van der Waals surface area contributed by atoms with Crippen LogP contribution in [0.4, 0.5) is 10.5 Å². The van der Waals surface area contributed by atoms with Gasteiger partial charge in [0.15, 0.2) is 0 Å². The van der Waals surface area contributed by atoms with Crippen LogP contribution in [0.1, 0.15) is 44.6 Å². The molecule has 1 aromatic carbocycles. The molecule has 1 aromatic rings. The lowest BCUT2D eigenvalue weighted by atomic mass is 9.98. The Balaban J connectivity index is 1.96. The van der Waals surface area contributed by atoms with Gasteiger partial charge in [0.2, 0.25) is 0 Å². The van der Waals surface area contributed by atoms with Crippen LogP contribution >= 0.6 is 0 Å². The summed E-state index contributed by atoms with van der Waals surface area (Å²) < 4.78 is 0. The molecule has 0 spiro atoms. The van der Waals surface area contributed by atoms with Gasteiger partial charge in [-0.15, -0.1) is 0 Å². The van der Waals surface area contributed by atoms with Crippen molar-refractivity contribution in [2.75, 3.05) is 5.32 Å². The molecular formula is C16H22N2O3. The molecule has 0 unspecified atom stereocenters. The molecule has 0 aliphatic heterocycles. The average molecular weight is 290 g/mol. The lowest BCUT2D eigenvalue weighted by Crippen LogP contribution is -2.53. The number of hydrogen-bond donors (Lipinski definition) is 3. The smallest absolute Gasteiger partial charge is 0.329 e. The van der Waals surface area contributed by atoms with E-state index in [1.54, 1.807) is 0 Å². The maximum absolute atomic E-state index is 12.0. The minimum absolute atomic E-state index is 0.456. The molecule has 2 amide bonds. The number of carboxylic acid groups (broad SMARTS) is 1. The van der Waals surface area contributed by atoms with Gasteiger partial charge in [-0.2, -0.15) is 0 Å². The number of anilines is 1. The molecule has 0 aromatic heterocycles. The summed E-state index contributed by atoms with van der Waals surface area (Å²) in [6, 6.07) is 7.17. The van der Waals surface area contributed by atoms with Gasteiger partial charge in [-0.25, -0.2) is 9.59 Å². The zero-order valence-electron chi connectivity index (χ0n) is 12.3. The second-order valence-corrected chi connectivity index (χ2v) is 5.62. The number of rotatable bonds is 5. The first kappa shape index (κ1) is 15.4. The highest BCUT2D eigenvalue weighted by Crippen LogP contribution is 2.30. The monoisotopic (exact) mass is 290 g/mol. The van der Waals surface area contributed by atoms with Gasteiger partial charge in [-0.3, -0.25) is 0 Å². The SMILES string of the molecule is CCCc1ccc(NC(=O)NC2(C(=O)O)CCCC2)cc1. The molecule has 1 aliphatic rings. The summed E-state index contributed by atoms with van der Waals surface area (Å²) in [4.78, 5) is 23.4. The number of hydrogen-bond acceptors (Lipinski definition) is 2. The lowest BCUT2D eigenvalue weighted by Gasteiger charge is -2.25. The Kier molecular flexibility index (Phi) is 4.83. The van der Waals surface area contributed by atoms with Crippen molar-refractivity contribution >= 4 is 17.7 Å². The van der Waals surface area contributed by atoms with Gasteiger partial charge in [0.1, 0.15) is 5.54 Å². The number of amides is 2. The van der Waals surface area contributed by atoms with E-state index in [0.29, 0.717) is 18.5 Å². The molecule has 21 heavy (non-hydrogen) atoms. The van der Waals surface area contributed by atoms with Gasteiger partial charge in [-0.1, -0.05) is 38.3 Å². The van der Waals surface area contributed by atoms with E-state index < -0.39 is 17.5 Å². The van der Waals surface area contributed by atoms with Gasteiger partial charge in [0.05, 0.1) is 0 Å². The van der Waals surface area contributed by atoms with E-state index >= 15 is 0 Å². The molecule has 0 saturated heterocycles. The molecule has 1 fully saturated rings. The molecule has 5 heteroatoms. The third-order valence-corrected chi connectivity index (χ3v) is 3.97. The first-order chi connectivity index (χ1) is 10.1. The minimum Gasteiger partial charge on any atom is -0.480 e. The topological polar surface area (TPSA) is 78.4 Å². The van der Waals surface area contributed by atoms with E-state index in [-0.39, 0.29) is 0 Å². The van der Waals surface area contributed by atoms with E-state index in [1.165, 1.54) is 5.56 Å². The molecule has 114 valence electrons. The number of benzene rings is 1. The summed E-state index contributed by atoms with van der Waals surface area (Å²) in [5, 5.41) is 14.7. The van der Waals surface area contributed by atoms with Crippen molar-refractivity contribution in [3.05, 3.63) is 29.8 Å². The van der Waals surface area contributed by atoms with Gasteiger partial charge in [0, 0.05) is 5.69 Å². The normalized spacial score (nSPS) is 16.4. The summed E-state index contributed by atoms with van der Waals surface area (Å²) in [5.41, 5.74) is 0.791. The highest BCUT2D eigenvalue weighted by molar-refractivity contribution is 5.94. The van der Waals surface area contributed by atoms with Gasteiger partial charge < -0.3 is 15.7 Å². The van der Waals surface area contributed by atoms with Crippen LogP contribution in [0.5, 0.6) is 0 Å². The van der Waals surface area contributed by atoms with Crippen molar-refractivity contribution in [2.45, 2.75) is 51.0 Å². The van der Waals surface area contributed by atoms with Gasteiger partial charge >= 0.3 is 12.0 Å². The summed E-state index contributed by atoms with van der Waals surface area (Å²) in [6.07, 6.45) is 4.73. The van der Waals surface area contributed by atoms with Gasteiger partial charge in [0.25, 0.3) is 0 Å². The van der Waals surface area contributed by atoms with E-state index in [2.05, 4.69) is 17.6 Å². The largest absolute Gasteiger partial charge is 0.480 e. The number of nitrogens with one attached hydrogen (secondary N) is 2. The van der Waals surface area contributed by atoms with Gasteiger partial charge in [-0.05, 0) is 37.0 Å². The first-order valence-electron chi connectivity index (χ1n) is 7.47. The fourth-order valence-electron chi connectivity index (χ4n) is 2.79. The number of urea groups is 1.